The van der Waals surface area contributed by atoms with Crippen molar-refractivity contribution in [1.82, 2.24) is 14.5 Å². The number of imidazole rings is 1. The van der Waals surface area contributed by atoms with Crippen molar-refractivity contribution in [2.45, 2.75) is 33.6 Å². The zero-order valence-electron chi connectivity index (χ0n) is 11.5. The molecular weight excluding hydrogens is 242 g/mol. The highest BCUT2D eigenvalue weighted by atomic mass is 16.4. The van der Waals surface area contributed by atoms with Gasteiger partial charge in [0.2, 0.25) is 0 Å². The van der Waals surface area contributed by atoms with Crippen molar-refractivity contribution in [2.75, 3.05) is 0 Å². The molecule has 2 aromatic rings. The lowest BCUT2D eigenvalue weighted by Crippen LogP contribution is -2.07. The van der Waals surface area contributed by atoms with Gasteiger partial charge in [-0.3, -0.25) is 4.57 Å². The summed E-state index contributed by atoms with van der Waals surface area (Å²) in [6, 6.07) is 3.19. The Balaban J connectivity index is 2.63. The van der Waals surface area contributed by atoms with Gasteiger partial charge in [0.1, 0.15) is 12.1 Å². The molecule has 0 radical (unpaired) electrons. The molecule has 0 amide bonds. The summed E-state index contributed by atoms with van der Waals surface area (Å²) in [4.78, 5) is 19.9. The Bertz CT molecular complexity index is 630. The molecule has 2 rings (SSSR count). The lowest BCUT2D eigenvalue weighted by Gasteiger charge is -2.11. The second-order valence-corrected chi connectivity index (χ2v) is 4.88. The van der Waals surface area contributed by atoms with Crippen LogP contribution in [0.15, 0.2) is 18.5 Å². The third-order valence-corrected chi connectivity index (χ3v) is 3.17. The highest BCUT2D eigenvalue weighted by molar-refractivity contribution is 5.88. The van der Waals surface area contributed by atoms with E-state index in [1.807, 2.05) is 32.3 Å². The first-order valence-corrected chi connectivity index (χ1v) is 6.16. The molecule has 0 atom stereocenters. The number of nitrogens with zero attached hydrogens (tertiary/aromatic N) is 3. The van der Waals surface area contributed by atoms with Gasteiger partial charge in [0.05, 0.1) is 11.3 Å². The molecule has 0 spiro atoms. The highest BCUT2D eigenvalue weighted by Crippen LogP contribution is 2.19. The number of hydrogen-bond donors (Lipinski definition) is 1. The lowest BCUT2D eigenvalue weighted by molar-refractivity contribution is 0.0696. The number of aryl methyl sites for hydroxylation is 1. The third-order valence-electron chi connectivity index (χ3n) is 3.17. The Morgan fingerprint density at radius 1 is 1.32 bits per heavy atom. The van der Waals surface area contributed by atoms with Crippen LogP contribution < -0.4 is 0 Å². The number of carbonyl (C=O) groups is 1. The zero-order valence-corrected chi connectivity index (χ0v) is 11.5. The van der Waals surface area contributed by atoms with Crippen LogP contribution in [0.25, 0.3) is 5.82 Å². The number of aromatic carboxylic acids is 1. The molecule has 0 saturated carbocycles. The van der Waals surface area contributed by atoms with Crippen LogP contribution in [0.4, 0.5) is 0 Å². The average Bonchev–Trinajstić information content (AvgIpc) is 2.69. The van der Waals surface area contributed by atoms with Crippen molar-refractivity contribution in [3.63, 3.8) is 0 Å². The summed E-state index contributed by atoms with van der Waals surface area (Å²) >= 11 is 0. The highest BCUT2D eigenvalue weighted by Gasteiger charge is 2.13. The first-order chi connectivity index (χ1) is 8.90. The van der Waals surface area contributed by atoms with E-state index in [9.17, 15) is 9.90 Å². The third kappa shape index (κ3) is 2.50. The number of pyridine rings is 1. The van der Waals surface area contributed by atoms with Crippen molar-refractivity contribution in [3.8, 4) is 5.82 Å². The predicted molar refractivity (Wildman–Crippen MR) is 71.9 cm³/mol. The molecule has 0 aromatic carbocycles. The molecule has 0 aliphatic rings. The van der Waals surface area contributed by atoms with Crippen LogP contribution in [0.1, 0.15) is 47.2 Å². The molecule has 100 valence electrons. The Morgan fingerprint density at radius 3 is 2.47 bits per heavy atom. The minimum Gasteiger partial charge on any atom is -0.478 e. The number of aromatic nitrogens is 3. The Hall–Kier alpha value is -2.17. The number of rotatable bonds is 3. The summed E-state index contributed by atoms with van der Waals surface area (Å²) < 4.78 is 1.81. The molecule has 19 heavy (non-hydrogen) atoms. The maximum atomic E-state index is 11.2. The standard InChI is InChI=1S/C14H17N3O2/c1-8(2)12-5-11(14(18)19)6-13(16-12)17-7-15-9(3)10(17)4/h5-8H,1-4H3,(H,18,19). The van der Waals surface area contributed by atoms with Crippen LogP contribution >= 0.6 is 0 Å². The fourth-order valence-corrected chi connectivity index (χ4v) is 1.81. The lowest BCUT2D eigenvalue weighted by atomic mass is 10.1. The van der Waals surface area contributed by atoms with Gasteiger partial charge in [0.25, 0.3) is 0 Å². The van der Waals surface area contributed by atoms with Gasteiger partial charge in [-0.1, -0.05) is 13.8 Å². The van der Waals surface area contributed by atoms with E-state index >= 15 is 0 Å². The van der Waals surface area contributed by atoms with Gasteiger partial charge < -0.3 is 5.11 Å². The normalized spacial score (nSPS) is 11.0. The fraction of sp³-hybridized carbons (Fsp3) is 0.357. The second-order valence-electron chi connectivity index (χ2n) is 4.88. The maximum Gasteiger partial charge on any atom is 0.335 e. The van der Waals surface area contributed by atoms with Crippen LogP contribution in [0.3, 0.4) is 0 Å². The van der Waals surface area contributed by atoms with E-state index in [0.29, 0.717) is 5.82 Å². The van der Waals surface area contributed by atoms with Gasteiger partial charge in [-0.15, -0.1) is 0 Å². The summed E-state index contributed by atoms with van der Waals surface area (Å²) in [5, 5.41) is 9.18. The first kappa shape index (κ1) is 13.3. The van der Waals surface area contributed by atoms with Crippen molar-refractivity contribution >= 4 is 5.97 Å². The number of hydrogen-bond acceptors (Lipinski definition) is 3. The summed E-state index contributed by atoms with van der Waals surface area (Å²) in [6.07, 6.45) is 1.67. The summed E-state index contributed by atoms with van der Waals surface area (Å²) in [6.45, 7) is 7.83. The summed E-state index contributed by atoms with van der Waals surface area (Å²) in [7, 11) is 0. The van der Waals surface area contributed by atoms with E-state index in [1.165, 1.54) is 0 Å². The van der Waals surface area contributed by atoms with Crippen LogP contribution in [-0.2, 0) is 0 Å². The minimum absolute atomic E-state index is 0.169. The number of carboxylic acid groups (broad SMARTS) is 1. The first-order valence-electron chi connectivity index (χ1n) is 6.16. The summed E-state index contributed by atoms with van der Waals surface area (Å²) in [5.41, 5.74) is 2.89. The van der Waals surface area contributed by atoms with E-state index in [4.69, 9.17) is 0 Å². The van der Waals surface area contributed by atoms with Crippen LogP contribution in [0.2, 0.25) is 0 Å². The van der Waals surface area contributed by atoms with E-state index in [1.54, 1.807) is 18.5 Å². The van der Waals surface area contributed by atoms with Gasteiger partial charge in [-0.25, -0.2) is 14.8 Å². The molecule has 1 N–H and O–H groups in total. The molecule has 5 heteroatoms. The van der Waals surface area contributed by atoms with E-state index in [2.05, 4.69) is 9.97 Å². The SMILES string of the molecule is Cc1ncn(-c2cc(C(=O)O)cc(C(C)C)n2)c1C. The molecule has 0 saturated heterocycles. The van der Waals surface area contributed by atoms with E-state index < -0.39 is 5.97 Å². The molecule has 0 fully saturated rings. The molecule has 2 aromatic heterocycles. The average molecular weight is 259 g/mol. The zero-order chi connectivity index (χ0) is 14.2. The smallest absolute Gasteiger partial charge is 0.335 e. The van der Waals surface area contributed by atoms with Crippen molar-refractivity contribution in [1.29, 1.82) is 0 Å². The van der Waals surface area contributed by atoms with Crippen LogP contribution in [0, 0.1) is 13.8 Å². The van der Waals surface area contributed by atoms with Crippen LogP contribution in [0.5, 0.6) is 0 Å². The molecule has 0 bridgehead atoms. The van der Waals surface area contributed by atoms with Gasteiger partial charge in [0.15, 0.2) is 0 Å². The van der Waals surface area contributed by atoms with Crippen LogP contribution in [-0.4, -0.2) is 25.6 Å². The molecular formula is C14H17N3O2. The van der Waals surface area contributed by atoms with E-state index in [0.717, 1.165) is 17.1 Å². The molecule has 0 unspecified atom stereocenters. The van der Waals surface area contributed by atoms with Gasteiger partial charge in [-0.05, 0) is 31.9 Å². The molecule has 0 aliphatic carbocycles. The van der Waals surface area contributed by atoms with Crippen molar-refractivity contribution < 1.29 is 9.90 Å². The molecule has 5 nitrogen and oxygen atoms in total. The van der Waals surface area contributed by atoms with Gasteiger partial charge >= 0.3 is 5.97 Å². The van der Waals surface area contributed by atoms with Gasteiger partial charge in [0, 0.05) is 11.4 Å². The largest absolute Gasteiger partial charge is 0.478 e. The quantitative estimate of drug-likeness (QED) is 0.920. The van der Waals surface area contributed by atoms with Crippen molar-refractivity contribution in [3.05, 3.63) is 41.1 Å². The number of carboxylic acids is 1. The molecule has 2 heterocycles. The summed E-state index contributed by atoms with van der Waals surface area (Å²) in [5.74, 6) is -0.176. The topological polar surface area (TPSA) is 68.0 Å². The van der Waals surface area contributed by atoms with Gasteiger partial charge in [-0.2, -0.15) is 0 Å². The van der Waals surface area contributed by atoms with E-state index in [-0.39, 0.29) is 11.5 Å². The Labute approximate surface area is 111 Å². The van der Waals surface area contributed by atoms with Crippen molar-refractivity contribution in [2.24, 2.45) is 0 Å². The second kappa shape index (κ2) is 4.84. The molecule has 0 aliphatic heterocycles. The Morgan fingerprint density at radius 2 is 2.00 bits per heavy atom. The minimum atomic E-state index is -0.944. The maximum absolute atomic E-state index is 11.2. The fourth-order valence-electron chi connectivity index (χ4n) is 1.81. The predicted octanol–water partition coefficient (Wildman–Crippen LogP) is 2.71. The monoisotopic (exact) mass is 259 g/mol. The Kier molecular flexibility index (Phi) is 3.38.